The van der Waals surface area contributed by atoms with Gasteiger partial charge in [0.2, 0.25) is 11.8 Å². The molecule has 50 heavy (non-hydrogen) atoms. The van der Waals surface area contributed by atoms with E-state index in [0.29, 0.717) is 74.5 Å². The standard InChI is InChI=1S/C37H50N6O7/c1-3-4-20-49-37(48)41-18-16-40(17-19-41)33(44)23-38-35(46)30-22-32(28-14-13-25(2)21-29(28)39-30)50-24-34(45)42-15-7-12-31(42)36(47)43(26-8-5-9-26)27-10-6-11-27/h13-14,21-22,26-27,31H,3-12,15-20,23-24H2,1-2H3,(H,38,46)/t31-/m0/s1. The summed E-state index contributed by atoms with van der Waals surface area (Å²) in [6, 6.07) is 7.21. The minimum absolute atomic E-state index is 0.0591. The maximum Gasteiger partial charge on any atom is 0.409 e. The Balaban J connectivity index is 1.06. The van der Waals surface area contributed by atoms with E-state index in [4.69, 9.17) is 9.47 Å². The van der Waals surface area contributed by atoms with Crippen molar-refractivity contribution in [2.24, 2.45) is 0 Å². The highest BCUT2D eigenvalue weighted by Gasteiger charge is 2.43. The number of piperazine rings is 1. The number of carbonyl (C=O) groups excluding carboxylic acids is 5. The maximum absolute atomic E-state index is 13.8. The van der Waals surface area contributed by atoms with Crippen molar-refractivity contribution >= 4 is 40.6 Å². The van der Waals surface area contributed by atoms with Gasteiger partial charge in [-0.15, -0.1) is 0 Å². The van der Waals surface area contributed by atoms with Crippen LogP contribution in [0.4, 0.5) is 4.79 Å². The van der Waals surface area contributed by atoms with Crippen molar-refractivity contribution in [3.05, 3.63) is 35.5 Å². The third-order valence-corrected chi connectivity index (χ3v) is 10.6. The van der Waals surface area contributed by atoms with Crippen LogP contribution in [-0.4, -0.2) is 125 Å². The Morgan fingerprint density at radius 3 is 2.24 bits per heavy atom. The summed E-state index contributed by atoms with van der Waals surface area (Å²) in [5.74, 6) is -0.664. The predicted molar refractivity (Wildman–Crippen MR) is 186 cm³/mol. The van der Waals surface area contributed by atoms with Crippen molar-refractivity contribution in [3.63, 3.8) is 0 Å². The Morgan fingerprint density at radius 2 is 1.58 bits per heavy atom. The van der Waals surface area contributed by atoms with Crippen molar-refractivity contribution in [2.45, 2.75) is 96.2 Å². The van der Waals surface area contributed by atoms with Gasteiger partial charge in [0.05, 0.1) is 18.7 Å². The first-order valence-electron chi connectivity index (χ1n) is 18.4. The summed E-state index contributed by atoms with van der Waals surface area (Å²) < 4.78 is 11.4. The molecule has 4 fully saturated rings. The van der Waals surface area contributed by atoms with Gasteiger partial charge in [0.15, 0.2) is 6.61 Å². The maximum atomic E-state index is 13.8. The van der Waals surface area contributed by atoms with Gasteiger partial charge in [-0.05, 0) is 82.4 Å². The van der Waals surface area contributed by atoms with Crippen molar-refractivity contribution in [3.8, 4) is 5.75 Å². The minimum Gasteiger partial charge on any atom is -0.483 e. The fraction of sp³-hybridized carbons (Fsp3) is 0.622. The molecule has 2 saturated carbocycles. The van der Waals surface area contributed by atoms with E-state index in [2.05, 4.69) is 15.2 Å². The smallest absolute Gasteiger partial charge is 0.409 e. The SMILES string of the molecule is CCCCOC(=O)N1CCN(C(=O)CNC(=O)c2cc(OCC(=O)N3CCC[C@H]3C(=O)N(C3CCC3)C3CCC3)c3ccc(C)cc3n2)CC1. The van der Waals surface area contributed by atoms with Gasteiger partial charge < -0.3 is 34.4 Å². The third-order valence-electron chi connectivity index (χ3n) is 10.6. The van der Waals surface area contributed by atoms with Crippen LogP contribution in [0.2, 0.25) is 0 Å². The largest absolute Gasteiger partial charge is 0.483 e. The van der Waals surface area contributed by atoms with E-state index in [-0.39, 0.29) is 42.7 Å². The van der Waals surface area contributed by atoms with E-state index >= 15 is 0 Å². The van der Waals surface area contributed by atoms with Crippen molar-refractivity contribution in [1.82, 2.24) is 29.9 Å². The Morgan fingerprint density at radius 1 is 0.880 bits per heavy atom. The summed E-state index contributed by atoms with van der Waals surface area (Å²) in [6.45, 7) is 5.75. The summed E-state index contributed by atoms with van der Waals surface area (Å²) >= 11 is 0. The summed E-state index contributed by atoms with van der Waals surface area (Å²) in [5.41, 5.74) is 1.53. The molecule has 1 N–H and O–H groups in total. The second-order valence-corrected chi connectivity index (χ2v) is 14.0. The lowest BCUT2D eigenvalue weighted by Gasteiger charge is -2.47. The number of unbranched alkanes of at least 4 members (excludes halogenated alkanes) is 1. The Bertz CT molecular complexity index is 1570. The molecule has 2 aliphatic heterocycles. The van der Waals surface area contributed by atoms with Gasteiger partial charge in [-0.1, -0.05) is 19.4 Å². The van der Waals surface area contributed by atoms with Crippen LogP contribution in [0.15, 0.2) is 24.3 Å². The molecule has 13 nitrogen and oxygen atoms in total. The lowest BCUT2D eigenvalue weighted by atomic mass is 9.84. The molecule has 0 bridgehead atoms. The van der Waals surface area contributed by atoms with Crippen molar-refractivity contribution in [2.75, 3.05) is 52.5 Å². The van der Waals surface area contributed by atoms with Crippen LogP contribution in [0.1, 0.15) is 87.2 Å². The molecule has 5 amide bonds. The molecular formula is C37H50N6O7. The van der Waals surface area contributed by atoms with Gasteiger partial charge in [0.25, 0.3) is 11.8 Å². The average molecular weight is 691 g/mol. The van der Waals surface area contributed by atoms with Gasteiger partial charge in [-0.2, -0.15) is 0 Å². The van der Waals surface area contributed by atoms with Gasteiger partial charge in [-0.3, -0.25) is 19.2 Å². The van der Waals surface area contributed by atoms with Gasteiger partial charge >= 0.3 is 6.09 Å². The summed E-state index contributed by atoms with van der Waals surface area (Å²) in [7, 11) is 0. The number of ether oxygens (including phenoxy) is 2. The van der Waals surface area contributed by atoms with Crippen LogP contribution >= 0.6 is 0 Å². The fourth-order valence-corrected chi connectivity index (χ4v) is 7.14. The van der Waals surface area contributed by atoms with Crippen molar-refractivity contribution < 1.29 is 33.4 Å². The molecular weight excluding hydrogens is 640 g/mol. The molecule has 0 radical (unpaired) electrons. The molecule has 3 heterocycles. The number of likely N-dealkylation sites (tertiary alicyclic amines) is 1. The normalized spacial score (nSPS) is 19.5. The number of hydrogen-bond donors (Lipinski definition) is 1. The second kappa shape index (κ2) is 16.1. The molecule has 0 spiro atoms. The zero-order valence-electron chi connectivity index (χ0n) is 29.4. The highest BCUT2D eigenvalue weighted by molar-refractivity contribution is 5.99. The number of fused-ring (bicyclic) bond motifs is 1. The highest BCUT2D eigenvalue weighted by atomic mass is 16.6. The van der Waals surface area contributed by atoms with E-state index < -0.39 is 11.9 Å². The topological polar surface area (TPSA) is 142 Å². The predicted octanol–water partition coefficient (Wildman–Crippen LogP) is 3.66. The highest BCUT2D eigenvalue weighted by Crippen LogP contribution is 2.36. The number of nitrogens with one attached hydrogen (secondary N) is 1. The summed E-state index contributed by atoms with van der Waals surface area (Å²) in [5, 5.41) is 3.33. The fourth-order valence-electron chi connectivity index (χ4n) is 7.14. The van der Waals surface area contributed by atoms with Crippen LogP contribution in [0, 0.1) is 6.92 Å². The number of aryl methyl sites for hydroxylation is 1. The lowest BCUT2D eigenvalue weighted by molar-refractivity contribution is -0.151. The molecule has 2 aliphatic carbocycles. The molecule has 6 rings (SSSR count). The molecule has 1 atom stereocenters. The molecule has 2 saturated heterocycles. The molecule has 1 aromatic carbocycles. The monoisotopic (exact) mass is 690 g/mol. The first kappa shape index (κ1) is 35.4. The number of rotatable bonds is 12. The average Bonchev–Trinajstić information content (AvgIpc) is 3.57. The summed E-state index contributed by atoms with van der Waals surface area (Å²) in [4.78, 5) is 77.4. The van der Waals surface area contributed by atoms with E-state index in [1.807, 2.05) is 32.0 Å². The molecule has 2 aromatic rings. The first-order valence-corrected chi connectivity index (χ1v) is 18.4. The number of pyridine rings is 1. The summed E-state index contributed by atoms with van der Waals surface area (Å²) in [6.07, 6.45) is 9.25. The van der Waals surface area contributed by atoms with Crippen LogP contribution in [0.3, 0.4) is 0 Å². The number of hydrogen-bond acceptors (Lipinski definition) is 8. The molecule has 4 aliphatic rings. The van der Waals surface area contributed by atoms with Crippen LogP contribution in [-0.2, 0) is 19.1 Å². The van der Waals surface area contributed by atoms with E-state index in [1.54, 1.807) is 14.7 Å². The van der Waals surface area contributed by atoms with Crippen molar-refractivity contribution in [1.29, 1.82) is 0 Å². The minimum atomic E-state index is -0.548. The zero-order chi connectivity index (χ0) is 35.2. The van der Waals surface area contributed by atoms with Gasteiger partial charge in [-0.25, -0.2) is 9.78 Å². The Hall–Kier alpha value is -4.42. The van der Waals surface area contributed by atoms with Gasteiger partial charge in [0.1, 0.15) is 17.5 Å². The van der Waals surface area contributed by atoms with E-state index in [9.17, 15) is 24.0 Å². The number of benzene rings is 1. The first-order chi connectivity index (χ1) is 24.2. The van der Waals surface area contributed by atoms with E-state index in [1.165, 1.54) is 6.07 Å². The third kappa shape index (κ3) is 7.97. The number of nitrogens with zero attached hydrogens (tertiary/aromatic N) is 5. The van der Waals surface area contributed by atoms with Crippen LogP contribution in [0.25, 0.3) is 10.9 Å². The Labute approximate surface area is 293 Å². The van der Waals surface area contributed by atoms with Crippen LogP contribution in [0.5, 0.6) is 5.75 Å². The van der Waals surface area contributed by atoms with E-state index in [0.717, 1.165) is 63.4 Å². The Kier molecular flexibility index (Phi) is 11.4. The second-order valence-electron chi connectivity index (χ2n) is 14.0. The van der Waals surface area contributed by atoms with Crippen LogP contribution < -0.4 is 10.1 Å². The lowest BCUT2D eigenvalue weighted by Crippen LogP contribution is -2.58. The van der Waals surface area contributed by atoms with Gasteiger partial charge in [0, 0.05) is 56.3 Å². The molecule has 1 aromatic heterocycles. The molecule has 270 valence electrons. The quantitative estimate of drug-likeness (QED) is 0.333. The number of aromatic nitrogens is 1. The number of amides is 5. The molecule has 0 unspecified atom stereocenters. The molecule has 13 heteroatoms. The number of carbonyl (C=O) groups is 5. The zero-order valence-corrected chi connectivity index (χ0v) is 29.4.